The molecule has 0 spiro atoms. The Morgan fingerprint density at radius 3 is 1.71 bits per heavy atom. The van der Waals surface area contributed by atoms with Crippen LogP contribution in [-0.4, -0.2) is 100 Å². The third kappa shape index (κ3) is 8.45. The highest BCUT2D eigenvalue weighted by Gasteiger charge is 2.39. The van der Waals surface area contributed by atoms with Gasteiger partial charge in [0.1, 0.15) is 23.7 Å². The lowest BCUT2D eigenvalue weighted by atomic mass is 10.0. The molecule has 0 aliphatic carbocycles. The molecule has 4 N–H and O–H groups in total. The second-order valence-corrected chi connectivity index (χ2v) is 16.2. The monoisotopic (exact) mass is 854 g/mol. The highest BCUT2D eigenvalue weighted by Crippen LogP contribution is 2.37. The second kappa shape index (κ2) is 18.1. The van der Waals surface area contributed by atoms with E-state index in [2.05, 4.69) is 30.6 Å². The van der Waals surface area contributed by atoms with Gasteiger partial charge in [0.2, 0.25) is 23.0 Å². The molecule has 2 aliphatic rings. The van der Waals surface area contributed by atoms with Gasteiger partial charge >= 0.3 is 12.2 Å². The first-order valence-corrected chi connectivity index (χ1v) is 20.6. The van der Waals surface area contributed by atoms with Crippen LogP contribution in [0.5, 0.6) is 5.75 Å². The predicted molar refractivity (Wildman–Crippen MR) is 225 cm³/mol. The van der Waals surface area contributed by atoms with E-state index in [-0.39, 0.29) is 52.2 Å². The van der Waals surface area contributed by atoms with E-state index in [1.54, 1.807) is 40.3 Å². The van der Waals surface area contributed by atoms with Gasteiger partial charge in [-0.2, -0.15) is 0 Å². The van der Waals surface area contributed by atoms with Gasteiger partial charge in [-0.05, 0) is 55.2 Å². The van der Waals surface area contributed by atoms with E-state index in [0.29, 0.717) is 60.1 Å². The van der Waals surface area contributed by atoms with Crippen LogP contribution in [0.2, 0.25) is 0 Å². The summed E-state index contributed by atoms with van der Waals surface area (Å²) in [5.41, 5.74) is 1.85. The molecule has 328 valence electrons. The molecule has 3 aromatic heterocycles. The fourth-order valence-corrected chi connectivity index (χ4v) is 8.26. The van der Waals surface area contributed by atoms with E-state index in [9.17, 15) is 24.0 Å². The number of carbonyl (C=O) groups excluding carboxylic acids is 4. The molecule has 5 heterocycles. The number of imidazole rings is 2. The van der Waals surface area contributed by atoms with Gasteiger partial charge in [-0.25, -0.2) is 23.9 Å². The van der Waals surface area contributed by atoms with Crippen LogP contribution in [0.15, 0.2) is 58.0 Å². The number of aromatic nitrogens is 4. The van der Waals surface area contributed by atoms with E-state index in [1.807, 2.05) is 27.7 Å². The van der Waals surface area contributed by atoms with Gasteiger partial charge < -0.3 is 49.0 Å². The molecule has 17 nitrogen and oxygen atoms in total. The van der Waals surface area contributed by atoms with Crippen LogP contribution in [0.4, 0.5) is 14.0 Å². The number of likely N-dealkylation sites (tertiary alicyclic amines) is 2. The van der Waals surface area contributed by atoms with Crippen molar-refractivity contribution < 1.29 is 42.2 Å². The molecule has 2 fully saturated rings. The van der Waals surface area contributed by atoms with Crippen LogP contribution >= 0.6 is 0 Å². The summed E-state index contributed by atoms with van der Waals surface area (Å²) in [5.74, 6) is -0.575. The van der Waals surface area contributed by atoms with Crippen molar-refractivity contribution in [2.45, 2.75) is 77.5 Å². The van der Waals surface area contributed by atoms with Crippen LogP contribution < -0.4 is 20.8 Å². The SMILES string of the molecule is COC(=O)N[C@H](C(=O)N1CCC[C@H]1c1ncc(-c2ccc(-c3oc4c(F)cc(-c5cnc([C@@H]6CCCN6C(=O)[C@@H](NC(=O)OC)C(C)C)[nH]5)cc4c(=O)c3OC)cc2)[nH]1)C(C)C. The number of halogens is 1. The molecule has 0 unspecified atom stereocenters. The average molecular weight is 855 g/mol. The standard InChI is InChI=1S/C44H51FN8O9/c1-22(2)33(50-43(57)60-6)41(55)52-16-8-10-31(52)39-46-20-29(48-39)24-12-14-25(15-13-24)36-38(59-5)35(54)27-18-26(19-28(45)37(27)62-36)30-21-47-40(49-30)32-11-9-17-53(32)42(56)34(23(3)4)51-44(58)61-7/h12-15,18-23,31-34H,8-11,16-17H2,1-7H3,(H,46,48)(H,47,49)(H,50,57)(H,51,58)/t31-,32-,33-,34-/m0/s1. The lowest BCUT2D eigenvalue weighted by Gasteiger charge is -2.30. The lowest BCUT2D eigenvalue weighted by Crippen LogP contribution is -2.51. The number of H-pyrrole nitrogens is 2. The summed E-state index contributed by atoms with van der Waals surface area (Å²) >= 11 is 0. The number of hydrogen-bond donors (Lipinski definition) is 4. The van der Waals surface area contributed by atoms with Crippen LogP contribution in [0.1, 0.15) is 77.1 Å². The van der Waals surface area contributed by atoms with Gasteiger partial charge in [0.05, 0.1) is 62.6 Å². The number of nitrogens with one attached hydrogen (secondary N) is 4. The van der Waals surface area contributed by atoms with Gasteiger partial charge in [0, 0.05) is 24.2 Å². The van der Waals surface area contributed by atoms with E-state index < -0.39 is 41.6 Å². The highest BCUT2D eigenvalue weighted by atomic mass is 19.1. The van der Waals surface area contributed by atoms with Crippen molar-refractivity contribution in [3.63, 3.8) is 0 Å². The number of rotatable bonds is 12. The molecule has 0 saturated carbocycles. The van der Waals surface area contributed by atoms with Crippen molar-refractivity contribution in [3.8, 4) is 39.6 Å². The van der Waals surface area contributed by atoms with Gasteiger partial charge in [0.15, 0.2) is 17.2 Å². The number of fused-ring (bicyclic) bond motifs is 1. The summed E-state index contributed by atoms with van der Waals surface area (Å²) < 4.78 is 37.1. The van der Waals surface area contributed by atoms with Gasteiger partial charge in [-0.3, -0.25) is 14.4 Å². The summed E-state index contributed by atoms with van der Waals surface area (Å²) in [4.78, 5) is 84.3. The molecule has 2 aliphatic heterocycles. The smallest absolute Gasteiger partial charge is 0.407 e. The lowest BCUT2D eigenvalue weighted by molar-refractivity contribution is -0.136. The van der Waals surface area contributed by atoms with Crippen molar-refractivity contribution >= 4 is 35.0 Å². The van der Waals surface area contributed by atoms with Crippen LogP contribution in [0.3, 0.4) is 0 Å². The first-order chi connectivity index (χ1) is 29.7. The minimum atomic E-state index is -0.801. The molecular weight excluding hydrogens is 804 g/mol. The third-order valence-electron chi connectivity index (χ3n) is 11.6. The number of hydrogen-bond acceptors (Lipinski definition) is 11. The summed E-state index contributed by atoms with van der Waals surface area (Å²) in [6.07, 6.45) is 4.65. The maximum absolute atomic E-state index is 16.0. The highest BCUT2D eigenvalue weighted by molar-refractivity contribution is 5.88. The third-order valence-corrected chi connectivity index (χ3v) is 11.6. The number of benzene rings is 2. The minimum Gasteiger partial charge on any atom is -0.490 e. The summed E-state index contributed by atoms with van der Waals surface area (Å²) in [6.45, 7) is 8.37. The summed E-state index contributed by atoms with van der Waals surface area (Å²) in [6, 6.07) is 7.54. The van der Waals surface area contributed by atoms with Crippen molar-refractivity contribution in [1.29, 1.82) is 0 Å². The average Bonchev–Trinajstić information content (AvgIpc) is 4.11. The first kappa shape index (κ1) is 43.4. The molecule has 4 amide bonds. The van der Waals surface area contributed by atoms with Gasteiger partial charge in [-0.1, -0.05) is 52.0 Å². The normalized spacial score (nSPS) is 17.4. The Labute approximate surface area is 356 Å². The number of carbonyl (C=O) groups is 4. The molecule has 5 aromatic rings. The molecular formula is C44H51FN8O9. The van der Waals surface area contributed by atoms with Gasteiger partial charge in [0.25, 0.3) is 0 Å². The maximum atomic E-state index is 16.0. The number of ether oxygens (including phenoxy) is 3. The zero-order chi connectivity index (χ0) is 44.4. The molecule has 2 saturated heterocycles. The minimum absolute atomic E-state index is 0.0371. The van der Waals surface area contributed by atoms with Crippen molar-refractivity contribution in [2.24, 2.45) is 11.8 Å². The topological polar surface area (TPSA) is 214 Å². The Balaban J connectivity index is 1.11. The molecule has 2 aromatic carbocycles. The fourth-order valence-electron chi connectivity index (χ4n) is 8.26. The Kier molecular flexibility index (Phi) is 12.7. The molecule has 18 heteroatoms. The fraction of sp³-hybridized carbons (Fsp3) is 0.432. The Morgan fingerprint density at radius 2 is 1.24 bits per heavy atom. The summed E-state index contributed by atoms with van der Waals surface area (Å²) in [5, 5.41) is 5.25. The second-order valence-electron chi connectivity index (χ2n) is 16.2. The van der Waals surface area contributed by atoms with E-state index in [0.717, 1.165) is 18.4 Å². The number of aromatic amines is 2. The van der Waals surface area contributed by atoms with Crippen molar-refractivity contribution in [1.82, 2.24) is 40.4 Å². The maximum Gasteiger partial charge on any atom is 0.407 e. The number of nitrogens with zero attached hydrogens (tertiary/aromatic N) is 4. The Bertz CT molecular complexity index is 2530. The molecule has 0 radical (unpaired) electrons. The quantitative estimate of drug-likeness (QED) is 0.107. The van der Waals surface area contributed by atoms with Crippen molar-refractivity contribution in [2.75, 3.05) is 34.4 Å². The Hall–Kier alpha value is -6.72. The van der Waals surface area contributed by atoms with Gasteiger partial charge in [-0.15, -0.1) is 0 Å². The largest absolute Gasteiger partial charge is 0.490 e. The van der Waals surface area contributed by atoms with E-state index >= 15 is 4.39 Å². The molecule has 7 rings (SSSR count). The number of alkyl carbamates (subject to hydrolysis) is 2. The molecule has 4 atom stereocenters. The number of amides is 4. The first-order valence-electron chi connectivity index (χ1n) is 20.6. The number of methoxy groups -OCH3 is 3. The predicted octanol–water partition coefficient (Wildman–Crippen LogP) is 6.48. The molecule has 62 heavy (non-hydrogen) atoms. The van der Waals surface area contributed by atoms with Crippen LogP contribution in [0.25, 0.3) is 44.8 Å². The van der Waals surface area contributed by atoms with E-state index in [1.165, 1.54) is 39.7 Å². The zero-order valence-corrected chi connectivity index (χ0v) is 35.7. The summed E-state index contributed by atoms with van der Waals surface area (Å²) in [7, 11) is 3.84. The zero-order valence-electron chi connectivity index (χ0n) is 35.7. The van der Waals surface area contributed by atoms with Crippen LogP contribution in [-0.2, 0) is 19.1 Å². The molecule has 0 bridgehead atoms. The Morgan fingerprint density at radius 1 is 0.758 bits per heavy atom. The van der Waals surface area contributed by atoms with E-state index in [4.69, 9.17) is 18.6 Å². The van der Waals surface area contributed by atoms with Crippen LogP contribution in [0, 0.1) is 17.7 Å². The van der Waals surface area contributed by atoms with Crippen molar-refractivity contribution in [3.05, 3.63) is 76.5 Å².